The Bertz CT molecular complexity index is 404. The van der Waals surface area contributed by atoms with Crippen LogP contribution in [0, 0.1) is 17.7 Å². The Balaban J connectivity index is 3.11. The summed E-state index contributed by atoms with van der Waals surface area (Å²) in [6.45, 7) is 4.01. The predicted molar refractivity (Wildman–Crippen MR) is 64.7 cm³/mol. The third-order valence-corrected chi connectivity index (χ3v) is 2.84. The Kier molecular flexibility index (Phi) is 4.63. The molecule has 0 aromatic heterocycles. The van der Waals surface area contributed by atoms with Gasteiger partial charge < -0.3 is 10.5 Å². The van der Waals surface area contributed by atoms with Crippen LogP contribution in [0.4, 0.5) is 4.39 Å². The number of Topliss-reactive ketones (excluding diaryl/α,β-unsaturated/α-hetero) is 1. The van der Waals surface area contributed by atoms with Crippen molar-refractivity contribution < 1.29 is 13.9 Å². The molecule has 1 aromatic carbocycles. The summed E-state index contributed by atoms with van der Waals surface area (Å²) < 4.78 is 18.7. The highest BCUT2D eigenvalue weighted by molar-refractivity contribution is 5.98. The van der Waals surface area contributed by atoms with Crippen LogP contribution in [0.25, 0.3) is 0 Å². The Hall–Kier alpha value is -1.42. The van der Waals surface area contributed by atoms with Crippen LogP contribution in [0.3, 0.4) is 0 Å². The Labute approximate surface area is 101 Å². The van der Waals surface area contributed by atoms with Gasteiger partial charge >= 0.3 is 0 Å². The summed E-state index contributed by atoms with van der Waals surface area (Å²) in [5.41, 5.74) is 5.61. The standard InChI is InChI=1S/C13H18FNO2/c1-8(2)10(7-15)13(16)9-5-4-6-11(17-3)12(9)14/h4-6,8,10H,7,15H2,1-3H3. The van der Waals surface area contributed by atoms with Crippen molar-refractivity contribution in [2.45, 2.75) is 13.8 Å². The van der Waals surface area contributed by atoms with Crippen LogP contribution in [0.2, 0.25) is 0 Å². The van der Waals surface area contributed by atoms with Gasteiger partial charge in [0.05, 0.1) is 12.7 Å². The van der Waals surface area contributed by atoms with E-state index in [0.29, 0.717) is 0 Å². The molecule has 2 N–H and O–H groups in total. The average Bonchev–Trinajstić information content (AvgIpc) is 2.29. The highest BCUT2D eigenvalue weighted by Crippen LogP contribution is 2.24. The van der Waals surface area contributed by atoms with E-state index in [9.17, 15) is 9.18 Å². The van der Waals surface area contributed by atoms with Gasteiger partial charge in [-0.3, -0.25) is 4.79 Å². The molecule has 0 aliphatic rings. The fourth-order valence-corrected chi connectivity index (χ4v) is 1.74. The summed E-state index contributed by atoms with van der Waals surface area (Å²) >= 11 is 0. The topological polar surface area (TPSA) is 52.3 Å². The molecule has 1 aromatic rings. The van der Waals surface area contributed by atoms with Crippen molar-refractivity contribution in [3.63, 3.8) is 0 Å². The lowest BCUT2D eigenvalue weighted by molar-refractivity contribution is 0.0887. The Morgan fingerprint density at radius 2 is 2.12 bits per heavy atom. The summed E-state index contributed by atoms with van der Waals surface area (Å²) in [7, 11) is 1.37. The molecular weight excluding hydrogens is 221 g/mol. The molecular formula is C13H18FNO2. The number of carbonyl (C=O) groups is 1. The van der Waals surface area contributed by atoms with Crippen LogP contribution >= 0.6 is 0 Å². The molecule has 3 nitrogen and oxygen atoms in total. The number of ketones is 1. The van der Waals surface area contributed by atoms with Gasteiger partial charge in [-0.2, -0.15) is 0 Å². The van der Waals surface area contributed by atoms with Crippen LogP contribution in [0.5, 0.6) is 5.75 Å². The highest BCUT2D eigenvalue weighted by Gasteiger charge is 2.25. The zero-order valence-electron chi connectivity index (χ0n) is 10.4. The van der Waals surface area contributed by atoms with Crippen LogP contribution in [0.1, 0.15) is 24.2 Å². The largest absolute Gasteiger partial charge is 0.494 e. The van der Waals surface area contributed by atoms with Crippen LogP contribution in [0.15, 0.2) is 18.2 Å². The van der Waals surface area contributed by atoms with E-state index in [0.717, 1.165) is 0 Å². The van der Waals surface area contributed by atoms with Crippen molar-refractivity contribution in [1.29, 1.82) is 0 Å². The summed E-state index contributed by atoms with van der Waals surface area (Å²) in [6, 6.07) is 4.55. The maximum absolute atomic E-state index is 13.9. The van der Waals surface area contributed by atoms with E-state index in [4.69, 9.17) is 10.5 Å². The fraction of sp³-hybridized carbons (Fsp3) is 0.462. The van der Waals surface area contributed by atoms with E-state index in [-0.39, 0.29) is 35.5 Å². The molecule has 0 fully saturated rings. The molecule has 0 spiro atoms. The number of benzene rings is 1. The molecule has 0 aliphatic heterocycles. The van der Waals surface area contributed by atoms with Crippen molar-refractivity contribution >= 4 is 5.78 Å². The van der Waals surface area contributed by atoms with Crippen molar-refractivity contribution in [1.82, 2.24) is 0 Å². The first-order valence-electron chi connectivity index (χ1n) is 5.59. The molecule has 0 radical (unpaired) electrons. The molecule has 1 unspecified atom stereocenters. The SMILES string of the molecule is COc1cccc(C(=O)C(CN)C(C)C)c1F. The minimum atomic E-state index is -0.612. The van der Waals surface area contributed by atoms with Gasteiger partial charge in [0.2, 0.25) is 0 Å². The molecule has 0 saturated heterocycles. The summed E-state index contributed by atoms with van der Waals surface area (Å²) in [4.78, 5) is 12.1. The molecule has 94 valence electrons. The number of carbonyl (C=O) groups excluding carboxylic acids is 1. The number of hydrogen-bond acceptors (Lipinski definition) is 3. The van der Waals surface area contributed by atoms with E-state index in [2.05, 4.69) is 0 Å². The number of ether oxygens (including phenoxy) is 1. The first-order chi connectivity index (χ1) is 8.02. The fourth-order valence-electron chi connectivity index (χ4n) is 1.74. The van der Waals surface area contributed by atoms with Crippen LogP contribution in [-0.2, 0) is 0 Å². The second-order valence-electron chi connectivity index (χ2n) is 4.27. The van der Waals surface area contributed by atoms with Gasteiger partial charge in [-0.05, 0) is 18.1 Å². The third-order valence-electron chi connectivity index (χ3n) is 2.84. The first kappa shape index (κ1) is 13.6. The quantitative estimate of drug-likeness (QED) is 0.802. The number of hydrogen-bond donors (Lipinski definition) is 1. The molecule has 0 amide bonds. The summed E-state index contributed by atoms with van der Waals surface area (Å²) in [5.74, 6) is -1.08. The number of methoxy groups -OCH3 is 1. The minimum Gasteiger partial charge on any atom is -0.494 e. The molecule has 0 heterocycles. The van der Waals surface area contributed by atoms with Gasteiger partial charge in [-0.15, -0.1) is 0 Å². The molecule has 0 saturated carbocycles. The molecule has 1 atom stereocenters. The van der Waals surface area contributed by atoms with Crippen molar-refractivity contribution in [2.24, 2.45) is 17.6 Å². The zero-order chi connectivity index (χ0) is 13.0. The lowest BCUT2D eigenvalue weighted by atomic mass is 9.88. The number of halogens is 1. The van der Waals surface area contributed by atoms with Gasteiger partial charge in [0.15, 0.2) is 17.3 Å². The molecule has 4 heteroatoms. The maximum atomic E-state index is 13.9. The summed E-state index contributed by atoms with van der Waals surface area (Å²) in [6.07, 6.45) is 0. The van der Waals surface area contributed by atoms with E-state index in [1.165, 1.54) is 19.2 Å². The molecule has 0 aliphatic carbocycles. The maximum Gasteiger partial charge on any atom is 0.175 e. The predicted octanol–water partition coefficient (Wildman–Crippen LogP) is 2.25. The van der Waals surface area contributed by atoms with E-state index >= 15 is 0 Å². The van der Waals surface area contributed by atoms with Crippen molar-refractivity contribution in [3.8, 4) is 5.75 Å². The summed E-state index contributed by atoms with van der Waals surface area (Å²) in [5, 5.41) is 0. The zero-order valence-corrected chi connectivity index (χ0v) is 10.4. The van der Waals surface area contributed by atoms with Gasteiger partial charge in [-0.1, -0.05) is 19.9 Å². The highest BCUT2D eigenvalue weighted by atomic mass is 19.1. The van der Waals surface area contributed by atoms with E-state index in [1.807, 2.05) is 13.8 Å². The molecule has 1 rings (SSSR count). The van der Waals surface area contributed by atoms with Gasteiger partial charge in [-0.25, -0.2) is 4.39 Å². The van der Waals surface area contributed by atoms with Crippen molar-refractivity contribution in [3.05, 3.63) is 29.6 Å². The number of nitrogens with two attached hydrogens (primary N) is 1. The third kappa shape index (κ3) is 2.82. The normalized spacial score (nSPS) is 12.6. The van der Waals surface area contributed by atoms with Gasteiger partial charge in [0.1, 0.15) is 0 Å². The molecule has 0 bridgehead atoms. The lowest BCUT2D eigenvalue weighted by Gasteiger charge is -2.18. The number of rotatable bonds is 5. The smallest absolute Gasteiger partial charge is 0.175 e. The Morgan fingerprint density at radius 1 is 1.47 bits per heavy atom. The van der Waals surface area contributed by atoms with Crippen LogP contribution in [-0.4, -0.2) is 19.4 Å². The Morgan fingerprint density at radius 3 is 2.59 bits per heavy atom. The van der Waals surface area contributed by atoms with E-state index in [1.54, 1.807) is 6.07 Å². The molecule has 17 heavy (non-hydrogen) atoms. The second kappa shape index (κ2) is 5.77. The van der Waals surface area contributed by atoms with Gasteiger partial charge in [0, 0.05) is 12.5 Å². The average molecular weight is 239 g/mol. The second-order valence-corrected chi connectivity index (χ2v) is 4.27. The van der Waals surface area contributed by atoms with Gasteiger partial charge in [0.25, 0.3) is 0 Å². The lowest BCUT2D eigenvalue weighted by Crippen LogP contribution is -2.29. The minimum absolute atomic E-state index is 0.0495. The monoisotopic (exact) mass is 239 g/mol. The first-order valence-corrected chi connectivity index (χ1v) is 5.59. The van der Waals surface area contributed by atoms with E-state index < -0.39 is 5.82 Å². The van der Waals surface area contributed by atoms with Crippen molar-refractivity contribution in [2.75, 3.05) is 13.7 Å². The van der Waals surface area contributed by atoms with Crippen LogP contribution < -0.4 is 10.5 Å².